The van der Waals surface area contributed by atoms with E-state index in [1.54, 1.807) is 84.9 Å². The molecule has 8 aromatic carbocycles. The van der Waals surface area contributed by atoms with Gasteiger partial charge in [-0.05, 0) is 97.1 Å². The summed E-state index contributed by atoms with van der Waals surface area (Å²) in [7, 11) is 0. The fraction of sp³-hybridized carbons (Fsp3) is 0.219. The maximum absolute atomic E-state index is 14.5. The second-order valence-corrected chi connectivity index (χ2v) is 22.0. The number of amides is 1. The summed E-state index contributed by atoms with van der Waals surface area (Å²) in [6, 6.07) is 60.0. The van der Waals surface area contributed by atoms with E-state index in [0.29, 0.717) is 0 Å². The van der Waals surface area contributed by atoms with Gasteiger partial charge >= 0.3 is 53.8 Å². The molecule has 4 N–H and O–H groups in total. The molecule has 0 saturated carbocycles. The van der Waals surface area contributed by atoms with E-state index in [2.05, 4.69) is 0 Å². The summed E-state index contributed by atoms with van der Waals surface area (Å²) in [5, 5.41) is 26.1. The quantitative estimate of drug-likeness (QED) is 0.0290. The first-order valence-electron chi connectivity index (χ1n) is 30.2. The van der Waals surface area contributed by atoms with Crippen molar-refractivity contribution in [3.05, 3.63) is 287 Å². The number of carbonyl (C=O) groups is 9. The van der Waals surface area contributed by atoms with Gasteiger partial charge in [0.2, 0.25) is 0 Å². The van der Waals surface area contributed by atoms with Gasteiger partial charge in [0.15, 0.2) is 48.5 Å². The predicted molar refractivity (Wildman–Crippen MR) is 336 cm³/mol. The van der Waals surface area contributed by atoms with E-state index in [1.807, 2.05) is 0 Å². The van der Waals surface area contributed by atoms with Crippen LogP contribution in [0.15, 0.2) is 243 Å². The van der Waals surface area contributed by atoms with Crippen molar-refractivity contribution in [1.82, 2.24) is 0 Å². The third-order valence-corrected chi connectivity index (χ3v) is 15.4. The second-order valence-electron chi connectivity index (χ2n) is 22.0. The average molecular weight is 1310 g/mol. The molecule has 11 atom stereocenters. The molecule has 23 heteroatoms. The average Bonchev–Trinajstić information content (AvgIpc) is 0.763. The maximum atomic E-state index is 14.5. The van der Waals surface area contributed by atoms with Crippen molar-refractivity contribution in [2.24, 2.45) is 5.73 Å². The van der Waals surface area contributed by atoms with E-state index >= 15 is 0 Å². The van der Waals surface area contributed by atoms with Crippen molar-refractivity contribution in [3.63, 3.8) is 0 Å². The molecule has 8 aromatic rings. The van der Waals surface area contributed by atoms with Gasteiger partial charge in [-0.1, -0.05) is 146 Å². The number of benzene rings is 8. The van der Waals surface area contributed by atoms with Gasteiger partial charge in [0.05, 0.1) is 44.5 Å². The van der Waals surface area contributed by atoms with Gasteiger partial charge in [-0.2, -0.15) is 0 Å². The van der Waals surface area contributed by atoms with Crippen LogP contribution in [0.5, 0.6) is 0 Å². The fourth-order valence-electron chi connectivity index (χ4n) is 10.8. The first kappa shape index (κ1) is 67.5. The van der Waals surface area contributed by atoms with E-state index in [-0.39, 0.29) is 44.5 Å². The van der Waals surface area contributed by atoms with Crippen molar-refractivity contribution in [2.75, 3.05) is 13.2 Å². The van der Waals surface area contributed by atoms with Gasteiger partial charge in [-0.25, -0.2) is 43.2 Å². The van der Waals surface area contributed by atoms with E-state index in [4.69, 9.17) is 57.8 Å². The SMILES string of the molecule is NC(=O)OC(C[C@H]1O[C@H](COC(=O)c2ccccc2)[C@@H](OC(=O)c2ccccc2)[C@H](OC(=O)c2ccccc2)[C@@H]1OC(=O)c1ccccc1)CC(O)(O)[C@H]1O[C@H](COC(=O)c2ccccc2)[C@@H](OC(=O)c2ccccc2)[C@H](OC(=O)c2ccccc2)[C@@H]1OC(=O)c1ccccc1. The van der Waals surface area contributed by atoms with Gasteiger partial charge in [0.1, 0.15) is 37.6 Å². The monoisotopic (exact) mass is 1310 g/mol. The molecule has 0 spiro atoms. The van der Waals surface area contributed by atoms with E-state index in [1.165, 1.54) is 158 Å². The lowest BCUT2D eigenvalue weighted by Gasteiger charge is -2.48. The number of primary amides is 1. The minimum absolute atomic E-state index is 0.00481. The molecule has 2 aliphatic heterocycles. The number of ether oxygens (including phenoxy) is 11. The van der Waals surface area contributed by atoms with Crippen LogP contribution in [0.1, 0.15) is 95.7 Å². The third kappa shape index (κ3) is 17.5. The van der Waals surface area contributed by atoms with Crippen LogP contribution in [-0.4, -0.2) is 150 Å². The zero-order valence-electron chi connectivity index (χ0n) is 50.9. The number of hydrogen-bond donors (Lipinski definition) is 3. The zero-order chi connectivity index (χ0) is 67.6. The Morgan fingerprint density at radius 2 is 0.573 bits per heavy atom. The molecule has 2 aliphatic rings. The summed E-state index contributed by atoms with van der Waals surface area (Å²) in [5.74, 6) is -11.9. The fourth-order valence-corrected chi connectivity index (χ4v) is 10.8. The van der Waals surface area contributed by atoms with Crippen molar-refractivity contribution >= 4 is 53.8 Å². The second kappa shape index (κ2) is 32.0. The maximum Gasteiger partial charge on any atom is 0.404 e. The number of esters is 8. The summed E-state index contributed by atoms with van der Waals surface area (Å²) in [6.07, 6.45) is -25.6. The summed E-state index contributed by atoms with van der Waals surface area (Å²) in [5.41, 5.74) is 5.56. The first-order chi connectivity index (χ1) is 46.5. The molecule has 0 bridgehead atoms. The van der Waals surface area contributed by atoms with Gasteiger partial charge in [0.25, 0.3) is 0 Å². The highest BCUT2D eigenvalue weighted by atomic mass is 16.7. The van der Waals surface area contributed by atoms with Gasteiger partial charge in [-0.15, -0.1) is 0 Å². The largest absolute Gasteiger partial charge is 0.459 e. The van der Waals surface area contributed by atoms with Crippen LogP contribution in [0.4, 0.5) is 4.79 Å². The van der Waals surface area contributed by atoms with Crippen molar-refractivity contribution in [3.8, 4) is 0 Å². The number of aliphatic hydroxyl groups is 2. The molecule has 1 amide bonds. The predicted octanol–water partition coefficient (Wildman–Crippen LogP) is 8.51. The first-order valence-corrected chi connectivity index (χ1v) is 30.2. The van der Waals surface area contributed by atoms with Crippen LogP contribution in [0.3, 0.4) is 0 Å². The topological polar surface area (TPSA) is 322 Å². The lowest BCUT2D eigenvalue weighted by molar-refractivity contribution is -0.325. The third-order valence-electron chi connectivity index (χ3n) is 15.4. The summed E-state index contributed by atoms with van der Waals surface area (Å²) < 4.78 is 67.7. The molecule has 23 nitrogen and oxygen atoms in total. The Balaban J connectivity index is 1.09. The molecule has 2 saturated heterocycles. The van der Waals surface area contributed by atoms with Crippen molar-refractivity contribution in [1.29, 1.82) is 0 Å². The molecule has 0 aromatic heterocycles. The minimum atomic E-state index is -3.57. The van der Waals surface area contributed by atoms with E-state index < -0.39 is 153 Å². The molecule has 0 aliphatic carbocycles. The molecule has 96 heavy (non-hydrogen) atoms. The van der Waals surface area contributed by atoms with Crippen LogP contribution in [0.2, 0.25) is 0 Å². The van der Waals surface area contributed by atoms with E-state index in [9.17, 15) is 53.4 Å². The van der Waals surface area contributed by atoms with Crippen molar-refractivity contribution < 1.29 is 105 Å². The molecular formula is C73H63NO22. The van der Waals surface area contributed by atoms with Gasteiger partial charge < -0.3 is 68.1 Å². The molecule has 2 fully saturated rings. The van der Waals surface area contributed by atoms with Crippen LogP contribution >= 0.6 is 0 Å². The lowest BCUT2D eigenvalue weighted by atomic mass is 9.85. The Labute approximate surface area is 549 Å². The highest BCUT2D eigenvalue weighted by Gasteiger charge is 2.60. The van der Waals surface area contributed by atoms with Crippen LogP contribution in [0.25, 0.3) is 0 Å². The molecule has 1 unspecified atom stereocenters. The lowest BCUT2D eigenvalue weighted by Crippen LogP contribution is -2.68. The minimum Gasteiger partial charge on any atom is -0.459 e. The zero-order valence-corrected chi connectivity index (χ0v) is 50.9. The van der Waals surface area contributed by atoms with Crippen LogP contribution in [-0.2, 0) is 52.1 Å². The normalized spacial score (nSPS) is 20.9. The van der Waals surface area contributed by atoms with Crippen LogP contribution in [0, 0.1) is 0 Å². The molecule has 10 rings (SSSR count). The number of hydrogen-bond acceptors (Lipinski definition) is 22. The highest BCUT2D eigenvalue weighted by Crippen LogP contribution is 2.39. The summed E-state index contributed by atoms with van der Waals surface area (Å²) in [4.78, 5) is 128. The Hall–Kier alpha value is -11.4. The molecule has 0 radical (unpaired) electrons. The molecular weight excluding hydrogens is 1240 g/mol. The Kier molecular flexibility index (Phi) is 22.5. The Bertz CT molecular complexity index is 3950. The Morgan fingerprint density at radius 3 is 0.865 bits per heavy atom. The van der Waals surface area contributed by atoms with Crippen molar-refractivity contribution in [2.45, 2.75) is 85.8 Å². The summed E-state index contributed by atoms with van der Waals surface area (Å²) in [6.45, 7) is -1.69. The number of carbonyl (C=O) groups excluding carboxylic acids is 9. The molecule has 2 heterocycles. The highest BCUT2D eigenvalue weighted by molar-refractivity contribution is 5.93. The van der Waals surface area contributed by atoms with E-state index in [0.717, 1.165) is 0 Å². The summed E-state index contributed by atoms with van der Waals surface area (Å²) >= 11 is 0. The van der Waals surface area contributed by atoms with Crippen LogP contribution < -0.4 is 5.73 Å². The smallest absolute Gasteiger partial charge is 0.404 e. The van der Waals surface area contributed by atoms with Gasteiger partial charge in [0, 0.05) is 12.8 Å². The standard InChI is InChI=1S/C73H63NO22/c74-72(83)88-53(41-54-57(91-66(77)47-29-13-3-14-30-47)60(94-69(80)50-35-19-6-20-36-50)58(92-67(78)48-31-15-4-16-32-48)55(89-54)43-86-64(75)45-25-9-1-10-26-45)42-73(84,85)63-62(96-71(82)52-39-23-8-24-40-52)61(95-70(81)51-37-21-7-22-38-51)59(93-68(79)49-33-17-5-18-34-49)56(90-63)44-87-65(76)46-27-11-2-12-28-46/h1-40,53-63,84-85H,41-44H2,(H2,74,83)/t53?,54-,55-,56-,57-,58-,59-,60-,61+,62+,63+/m1/s1. The van der Waals surface area contributed by atoms with Gasteiger partial charge in [-0.3, -0.25) is 0 Å². The number of rotatable bonds is 24. The molecule has 492 valence electrons. The Morgan fingerprint density at radius 1 is 0.333 bits per heavy atom. The number of nitrogens with two attached hydrogens (primary N) is 1.